The Morgan fingerprint density at radius 2 is 2.06 bits per heavy atom. The van der Waals surface area contributed by atoms with Gasteiger partial charge in [0.15, 0.2) is 12.0 Å². The normalized spacial score (nSPS) is 13.9. The Kier molecular flexibility index (Phi) is 7.28. The maximum atomic E-state index is 11.6. The summed E-state index contributed by atoms with van der Waals surface area (Å²) in [6.07, 6.45) is 2.24. The Labute approximate surface area is 96.4 Å². The minimum atomic E-state index is -0.619. The van der Waals surface area contributed by atoms with Crippen LogP contribution in [0.5, 0.6) is 0 Å². The van der Waals surface area contributed by atoms with E-state index in [-0.39, 0.29) is 12.0 Å². The van der Waals surface area contributed by atoms with Crippen molar-refractivity contribution in [3.63, 3.8) is 0 Å². The molecule has 6 heteroatoms. The van der Waals surface area contributed by atoms with Crippen molar-refractivity contribution in [2.24, 2.45) is 16.5 Å². The fraction of sp³-hybridized carbons (Fsp3) is 0.800. The molecule has 0 aliphatic rings. The topological polar surface area (TPSA) is 103 Å². The highest BCUT2D eigenvalue weighted by atomic mass is 16.7. The van der Waals surface area contributed by atoms with Crippen LogP contribution in [0.4, 0.5) is 0 Å². The summed E-state index contributed by atoms with van der Waals surface area (Å²) in [5, 5.41) is 0. The fourth-order valence-corrected chi connectivity index (χ4v) is 0.999. The Hall–Kier alpha value is -1.30. The zero-order valence-electron chi connectivity index (χ0n) is 10.2. The number of hydrogen-bond acceptors (Lipinski definition) is 4. The molecular formula is C10H22N4O2. The van der Waals surface area contributed by atoms with E-state index in [4.69, 9.17) is 16.3 Å². The third kappa shape index (κ3) is 6.23. The van der Waals surface area contributed by atoms with Gasteiger partial charge in [0.05, 0.1) is 0 Å². The first-order chi connectivity index (χ1) is 7.51. The first-order valence-corrected chi connectivity index (χ1v) is 5.56. The van der Waals surface area contributed by atoms with Gasteiger partial charge in [-0.05, 0) is 19.8 Å². The molecule has 0 saturated heterocycles. The molecule has 6 nitrogen and oxygen atoms in total. The van der Waals surface area contributed by atoms with Gasteiger partial charge in [0, 0.05) is 6.04 Å². The maximum Gasteiger partial charge on any atom is 0.349 e. The van der Waals surface area contributed by atoms with Crippen LogP contribution in [-0.2, 0) is 9.63 Å². The van der Waals surface area contributed by atoms with Gasteiger partial charge in [-0.15, -0.1) is 0 Å². The minimum Gasteiger partial charge on any atom is -0.370 e. The smallest absolute Gasteiger partial charge is 0.349 e. The van der Waals surface area contributed by atoms with Crippen LogP contribution in [0.2, 0.25) is 0 Å². The van der Waals surface area contributed by atoms with Crippen LogP contribution in [0.3, 0.4) is 0 Å². The predicted molar refractivity (Wildman–Crippen MR) is 63.5 cm³/mol. The van der Waals surface area contributed by atoms with Crippen LogP contribution in [-0.4, -0.2) is 24.0 Å². The summed E-state index contributed by atoms with van der Waals surface area (Å²) in [6, 6.07) is -0.503. The third-order valence-corrected chi connectivity index (χ3v) is 2.11. The molecule has 0 spiro atoms. The SMILES string of the molecule is CCCC(N=C(N)N)C(=O)ONC(C)CC. The minimum absolute atomic E-state index is 0.0982. The zero-order valence-corrected chi connectivity index (χ0v) is 10.2. The summed E-state index contributed by atoms with van der Waals surface area (Å²) in [6.45, 7) is 5.86. The molecular weight excluding hydrogens is 208 g/mol. The molecule has 0 fully saturated rings. The number of aliphatic imine (C=N–C) groups is 1. The van der Waals surface area contributed by atoms with Gasteiger partial charge in [-0.2, -0.15) is 5.48 Å². The Balaban J connectivity index is 4.22. The first-order valence-electron chi connectivity index (χ1n) is 5.56. The second-order valence-corrected chi connectivity index (χ2v) is 3.71. The standard InChI is InChI=1S/C10H22N4O2/c1-4-6-8(13-10(11)12)9(15)16-14-7(3)5-2/h7-8,14H,4-6H2,1-3H3,(H4,11,12,13). The van der Waals surface area contributed by atoms with Crippen molar-refractivity contribution in [2.45, 2.75) is 52.1 Å². The van der Waals surface area contributed by atoms with E-state index in [1.807, 2.05) is 20.8 Å². The Morgan fingerprint density at radius 1 is 1.44 bits per heavy atom. The molecule has 5 N–H and O–H groups in total. The molecule has 0 aromatic carbocycles. The van der Waals surface area contributed by atoms with Gasteiger partial charge in [-0.25, -0.2) is 9.79 Å². The first kappa shape index (κ1) is 14.7. The lowest BCUT2D eigenvalue weighted by molar-refractivity contribution is -0.154. The summed E-state index contributed by atoms with van der Waals surface area (Å²) in [5.74, 6) is -0.547. The molecule has 0 aromatic heterocycles. The summed E-state index contributed by atoms with van der Waals surface area (Å²) >= 11 is 0. The highest BCUT2D eigenvalue weighted by Gasteiger charge is 2.19. The van der Waals surface area contributed by atoms with Gasteiger partial charge < -0.3 is 16.3 Å². The molecule has 0 aliphatic carbocycles. The van der Waals surface area contributed by atoms with E-state index in [0.717, 1.165) is 12.8 Å². The van der Waals surface area contributed by atoms with Gasteiger partial charge in [-0.1, -0.05) is 20.3 Å². The van der Waals surface area contributed by atoms with E-state index < -0.39 is 12.0 Å². The van der Waals surface area contributed by atoms with Crippen LogP contribution in [0, 0.1) is 0 Å². The van der Waals surface area contributed by atoms with Crippen LogP contribution in [0.15, 0.2) is 4.99 Å². The van der Waals surface area contributed by atoms with Crippen molar-refractivity contribution in [3.8, 4) is 0 Å². The average Bonchev–Trinajstić information content (AvgIpc) is 2.24. The number of rotatable bonds is 7. The highest BCUT2D eigenvalue weighted by Crippen LogP contribution is 2.03. The number of carbonyl (C=O) groups is 1. The van der Waals surface area contributed by atoms with Crippen molar-refractivity contribution in [1.82, 2.24) is 5.48 Å². The molecule has 0 aliphatic heterocycles. The quantitative estimate of drug-likeness (QED) is 0.331. The van der Waals surface area contributed by atoms with Crippen molar-refractivity contribution in [2.75, 3.05) is 0 Å². The molecule has 2 unspecified atom stereocenters. The lowest BCUT2D eigenvalue weighted by Crippen LogP contribution is -2.35. The molecule has 0 bridgehead atoms. The Bertz CT molecular complexity index is 239. The summed E-state index contributed by atoms with van der Waals surface area (Å²) in [7, 11) is 0. The lowest BCUT2D eigenvalue weighted by atomic mass is 10.2. The summed E-state index contributed by atoms with van der Waals surface area (Å²) in [5.41, 5.74) is 13.1. The molecule has 0 heterocycles. The molecule has 0 radical (unpaired) electrons. The van der Waals surface area contributed by atoms with Gasteiger partial charge >= 0.3 is 5.97 Å². The number of nitrogens with zero attached hydrogens (tertiary/aromatic N) is 1. The van der Waals surface area contributed by atoms with E-state index in [9.17, 15) is 4.79 Å². The molecule has 0 amide bonds. The van der Waals surface area contributed by atoms with E-state index >= 15 is 0 Å². The number of hydrogen-bond donors (Lipinski definition) is 3. The van der Waals surface area contributed by atoms with E-state index in [0.29, 0.717) is 6.42 Å². The van der Waals surface area contributed by atoms with Crippen molar-refractivity contribution in [1.29, 1.82) is 0 Å². The number of nitrogens with two attached hydrogens (primary N) is 2. The number of guanidine groups is 1. The second-order valence-electron chi connectivity index (χ2n) is 3.71. The Morgan fingerprint density at radius 3 is 2.50 bits per heavy atom. The molecule has 0 saturated carbocycles. The van der Waals surface area contributed by atoms with Crippen molar-refractivity contribution in [3.05, 3.63) is 0 Å². The van der Waals surface area contributed by atoms with E-state index in [1.54, 1.807) is 0 Å². The van der Waals surface area contributed by atoms with Crippen molar-refractivity contribution < 1.29 is 9.63 Å². The summed E-state index contributed by atoms with van der Waals surface area (Å²) in [4.78, 5) is 20.3. The largest absolute Gasteiger partial charge is 0.370 e. The number of carbonyl (C=O) groups excluding carboxylic acids is 1. The fourth-order valence-electron chi connectivity index (χ4n) is 0.999. The molecule has 16 heavy (non-hydrogen) atoms. The highest BCUT2D eigenvalue weighted by molar-refractivity contribution is 5.82. The van der Waals surface area contributed by atoms with E-state index in [2.05, 4.69) is 10.5 Å². The number of nitrogens with one attached hydrogen (secondary N) is 1. The zero-order chi connectivity index (χ0) is 12.6. The lowest BCUT2D eigenvalue weighted by Gasteiger charge is -2.14. The van der Waals surface area contributed by atoms with Crippen molar-refractivity contribution >= 4 is 11.9 Å². The molecule has 94 valence electrons. The molecule has 0 aromatic rings. The maximum absolute atomic E-state index is 11.6. The predicted octanol–water partition coefficient (Wildman–Crippen LogP) is 0.275. The molecule has 0 rings (SSSR count). The molecule has 2 atom stereocenters. The van der Waals surface area contributed by atoms with Gasteiger partial charge in [0.1, 0.15) is 0 Å². The van der Waals surface area contributed by atoms with Gasteiger partial charge in [0.2, 0.25) is 0 Å². The van der Waals surface area contributed by atoms with Gasteiger partial charge in [0.25, 0.3) is 0 Å². The second kappa shape index (κ2) is 7.92. The summed E-state index contributed by atoms with van der Waals surface area (Å²) < 4.78 is 0. The van der Waals surface area contributed by atoms with Crippen LogP contribution in [0.25, 0.3) is 0 Å². The van der Waals surface area contributed by atoms with Crippen LogP contribution >= 0.6 is 0 Å². The van der Waals surface area contributed by atoms with E-state index in [1.165, 1.54) is 0 Å². The monoisotopic (exact) mass is 230 g/mol. The third-order valence-electron chi connectivity index (χ3n) is 2.11. The average molecular weight is 230 g/mol. The van der Waals surface area contributed by atoms with Crippen LogP contribution < -0.4 is 16.9 Å². The van der Waals surface area contributed by atoms with Gasteiger partial charge in [-0.3, -0.25) is 0 Å². The van der Waals surface area contributed by atoms with Crippen LogP contribution in [0.1, 0.15) is 40.0 Å². The number of hydroxylamine groups is 1.